The molecule has 0 aliphatic heterocycles. The summed E-state index contributed by atoms with van der Waals surface area (Å²) < 4.78 is 29.6. The molecule has 1 aromatic carbocycles. The zero-order chi connectivity index (χ0) is 33.5. The quantitative estimate of drug-likeness (QED) is 0.0387. The summed E-state index contributed by atoms with van der Waals surface area (Å²) in [5.74, 6) is -0.697. The van der Waals surface area contributed by atoms with Crippen molar-refractivity contribution in [1.82, 2.24) is 0 Å². The molecule has 0 saturated heterocycles. The standard InChI is InChI=1S/C22H38O3S.C16H33NO2.Na/c1-2-3-4-5-6-7-8-9-10-11-12-13-14-18-21-25-26(23,24)22-19-16-15-17-20-22;1-4-5-6-7-8-9-10-11-12-13-14-17(2,3)15-16(18)19;/h15-17,19-20H,2-14,18,21H2,1H3;4-15H2,1-3H3;/q;;+1/p+1. The summed E-state index contributed by atoms with van der Waals surface area (Å²) in [5.41, 5.74) is 0. The number of hydrogen-bond donors (Lipinski definition) is 1. The number of aliphatic carboxylic acids is 1. The van der Waals surface area contributed by atoms with Crippen molar-refractivity contribution in [2.75, 3.05) is 33.8 Å². The molecule has 264 valence electrons. The minimum Gasteiger partial charge on any atom is -0.477 e. The number of carbonyl (C=O) groups is 1. The van der Waals surface area contributed by atoms with Crippen LogP contribution in [0.3, 0.4) is 0 Å². The van der Waals surface area contributed by atoms with Crippen LogP contribution in [0.1, 0.15) is 168 Å². The number of nitrogens with zero attached hydrogens (tertiary/aromatic N) is 1. The van der Waals surface area contributed by atoms with Crippen molar-refractivity contribution in [3.63, 3.8) is 0 Å². The molecule has 0 amide bonds. The predicted octanol–water partition coefficient (Wildman–Crippen LogP) is 7.95. The van der Waals surface area contributed by atoms with Gasteiger partial charge in [-0.15, -0.1) is 0 Å². The van der Waals surface area contributed by atoms with E-state index in [4.69, 9.17) is 9.29 Å². The number of unbranched alkanes of at least 4 members (excludes halogenated alkanes) is 22. The average Bonchev–Trinajstić information content (AvgIpc) is 3.00. The van der Waals surface area contributed by atoms with Gasteiger partial charge in [-0.1, -0.05) is 167 Å². The van der Waals surface area contributed by atoms with E-state index in [-0.39, 0.29) is 47.6 Å². The fourth-order valence-corrected chi connectivity index (χ4v) is 6.56. The van der Waals surface area contributed by atoms with Crippen molar-refractivity contribution < 1.29 is 56.5 Å². The molecule has 0 aliphatic carbocycles. The molecule has 0 aromatic heterocycles. The number of hydrogen-bond acceptors (Lipinski definition) is 4. The molecular weight excluding hydrogens is 605 g/mol. The number of quaternary nitrogens is 1. The maximum atomic E-state index is 11.9. The molecule has 0 radical (unpaired) electrons. The van der Waals surface area contributed by atoms with Gasteiger partial charge in [-0.2, -0.15) is 8.42 Å². The van der Waals surface area contributed by atoms with E-state index in [1.807, 2.05) is 14.1 Å². The van der Waals surface area contributed by atoms with Gasteiger partial charge in [-0.25, -0.2) is 4.79 Å². The fourth-order valence-electron chi connectivity index (χ4n) is 5.59. The number of carboxylic acid groups (broad SMARTS) is 1. The van der Waals surface area contributed by atoms with Crippen LogP contribution >= 0.6 is 0 Å². The second kappa shape index (κ2) is 33.1. The Morgan fingerprint density at radius 3 is 1.33 bits per heavy atom. The van der Waals surface area contributed by atoms with Crippen molar-refractivity contribution in [1.29, 1.82) is 0 Å². The largest absolute Gasteiger partial charge is 1.00 e. The van der Waals surface area contributed by atoms with E-state index in [0.717, 1.165) is 25.8 Å². The Kier molecular flexibility index (Phi) is 34.3. The van der Waals surface area contributed by atoms with Gasteiger partial charge in [0.05, 0.1) is 32.1 Å². The SMILES string of the molecule is CCCCCCCCCCCCCCCCOS(=O)(=O)c1ccccc1.CCCCCCCCCCCC[N+](C)(C)CC(=O)O.[Na+]. The van der Waals surface area contributed by atoms with Gasteiger partial charge in [-0.05, 0) is 31.4 Å². The minimum absolute atomic E-state index is 0. The number of benzene rings is 1. The van der Waals surface area contributed by atoms with E-state index in [1.54, 1.807) is 30.3 Å². The molecule has 6 nitrogen and oxygen atoms in total. The molecule has 0 aliphatic rings. The van der Waals surface area contributed by atoms with Crippen LogP contribution in [0.15, 0.2) is 35.2 Å². The minimum atomic E-state index is -3.58. The molecule has 46 heavy (non-hydrogen) atoms. The molecule has 1 aromatic rings. The van der Waals surface area contributed by atoms with E-state index < -0.39 is 16.1 Å². The number of likely N-dealkylation sites (N-methyl/N-ethyl adjacent to an activating group) is 1. The fraction of sp³-hybridized carbons (Fsp3) is 0.816. The Labute approximate surface area is 307 Å². The summed E-state index contributed by atoms with van der Waals surface area (Å²) in [6, 6.07) is 8.36. The Hall–Kier alpha value is -0.440. The van der Waals surface area contributed by atoms with Crippen molar-refractivity contribution >= 4 is 16.1 Å². The zero-order valence-electron chi connectivity index (χ0n) is 30.9. The van der Waals surface area contributed by atoms with Gasteiger partial charge in [0.2, 0.25) is 0 Å². The Bertz CT molecular complexity index is 896. The Morgan fingerprint density at radius 2 is 0.957 bits per heavy atom. The third kappa shape index (κ3) is 32.1. The van der Waals surface area contributed by atoms with Crippen molar-refractivity contribution in [2.24, 2.45) is 0 Å². The van der Waals surface area contributed by atoms with Crippen LogP contribution in [0, 0.1) is 0 Å². The molecule has 0 atom stereocenters. The summed E-state index contributed by atoms with van der Waals surface area (Å²) >= 11 is 0. The van der Waals surface area contributed by atoms with E-state index in [9.17, 15) is 13.2 Å². The second-order valence-electron chi connectivity index (χ2n) is 13.6. The summed E-state index contributed by atoms with van der Waals surface area (Å²) in [5, 5.41) is 8.79. The van der Waals surface area contributed by atoms with Crippen LogP contribution in [0.5, 0.6) is 0 Å². The number of rotatable bonds is 30. The smallest absolute Gasteiger partial charge is 0.477 e. The van der Waals surface area contributed by atoms with Crippen molar-refractivity contribution in [2.45, 2.75) is 173 Å². The topological polar surface area (TPSA) is 80.7 Å². The number of carboxylic acids is 1. The molecule has 0 saturated carbocycles. The normalized spacial score (nSPS) is 11.5. The first-order chi connectivity index (χ1) is 21.6. The average molecular weight is 678 g/mol. The van der Waals surface area contributed by atoms with Crippen LogP contribution in [0.25, 0.3) is 0 Å². The van der Waals surface area contributed by atoms with Gasteiger partial charge < -0.3 is 9.59 Å². The maximum Gasteiger partial charge on any atom is 1.00 e. The van der Waals surface area contributed by atoms with E-state index in [1.165, 1.54) is 135 Å². The molecule has 0 bridgehead atoms. The van der Waals surface area contributed by atoms with E-state index in [0.29, 0.717) is 4.48 Å². The first kappa shape index (κ1) is 47.7. The van der Waals surface area contributed by atoms with E-state index in [2.05, 4.69) is 13.8 Å². The molecule has 0 unspecified atom stereocenters. The molecule has 0 heterocycles. The van der Waals surface area contributed by atoms with Crippen molar-refractivity contribution in [3.05, 3.63) is 30.3 Å². The van der Waals surface area contributed by atoms with Gasteiger partial charge >= 0.3 is 35.5 Å². The molecule has 0 spiro atoms. The van der Waals surface area contributed by atoms with Crippen LogP contribution in [0.2, 0.25) is 0 Å². The predicted molar refractivity (Wildman–Crippen MR) is 191 cm³/mol. The maximum absolute atomic E-state index is 11.9. The summed E-state index contributed by atoms with van der Waals surface area (Å²) in [4.78, 5) is 10.9. The van der Waals surface area contributed by atoms with Gasteiger partial charge in [0.25, 0.3) is 10.1 Å². The van der Waals surface area contributed by atoms with Gasteiger partial charge in [0.15, 0.2) is 6.54 Å². The van der Waals surface area contributed by atoms with Crippen LogP contribution in [0.4, 0.5) is 0 Å². The zero-order valence-corrected chi connectivity index (χ0v) is 33.7. The molecule has 0 fully saturated rings. The first-order valence-electron chi connectivity index (χ1n) is 18.6. The molecule has 1 rings (SSSR count). The van der Waals surface area contributed by atoms with Crippen LogP contribution in [-0.4, -0.2) is 57.8 Å². The van der Waals surface area contributed by atoms with Gasteiger partial charge in [0, 0.05) is 0 Å². The summed E-state index contributed by atoms with van der Waals surface area (Å²) in [7, 11) is 0.425. The third-order valence-electron chi connectivity index (χ3n) is 8.45. The molecule has 8 heteroatoms. The molecular formula is C38H72NNaO5S+2. The van der Waals surface area contributed by atoms with Gasteiger partial charge in [-0.3, -0.25) is 4.18 Å². The second-order valence-corrected chi connectivity index (χ2v) is 15.2. The monoisotopic (exact) mass is 678 g/mol. The van der Waals surface area contributed by atoms with E-state index >= 15 is 0 Å². The summed E-state index contributed by atoms with van der Waals surface area (Å²) in [6.45, 7) is 6.01. The Morgan fingerprint density at radius 1 is 0.609 bits per heavy atom. The van der Waals surface area contributed by atoms with Gasteiger partial charge in [0.1, 0.15) is 0 Å². The Balaban J connectivity index is 0. The van der Waals surface area contributed by atoms with Crippen LogP contribution in [-0.2, 0) is 19.1 Å². The molecule has 1 N–H and O–H groups in total. The van der Waals surface area contributed by atoms with Crippen molar-refractivity contribution in [3.8, 4) is 0 Å². The van der Waals surface area contributed by atoms with Crippen LogP contribution < -0.4 is 29.6 Å². The first-order valence-corrected chi connectivity index (χ1v) is 20.0. The third-order valence-corrected chi connectivity index (χ3v) is 9.78. The summed E-state index contributed by atoms with van der Waals surface area (Å²) in [6.07, 6.45) is 31.3.